The van der Waals surface area contributed by atoms with E-state index in [2.05, 4.69) is 30.6 Å². The fourth-order valence-corrected chi connectivity index (χ4v) is 4.36. The monoisotopic (exact) mass is 524 g/mol. The molecular weight excluding hydrogens is 497 g/mol. The number of hydrogen-bond donors (Lipinski definition) is 2. The third-order valence-corrected chi connectivity index (χ3v) is 6.34. The first kappa shape index (κ1) is 25.4. The van der Waals surface area contributed by atoms with Crippen LogP contribution in [0.2, 0.25) is 0 Å². The van der Waals surface area contributed by atoms with E-state index in [0.29, 0.717) is 61.1 Å². The van der Waals surface area contributed by atoms with Crippen molar-refractivity contribution in [3.8, 4) is 0 Å². The van der Waals surface area contributed by atoms with Crippen LogP contribution in [0.3, 0.4) is 0 Å². The van der Waals surface area contributed by atoms with Gasteiger partial charge in [0, 0.05) is 45.0 Å². The van der Waals surface area contributed by atoms with Crippen LogP contribution >= 0.6 is 0 Å². The highest BCUT2D eigenvalue weighted by Crippen LogP contribution is 2.29. The van der Waals surface area contributed by atoms with Crippen molar-refractivity contribution >= 4 is 28.8 Å². The fourth-order valence-electron chi connectivity index (χ4n) is 4.36. The number of carbonyl (C=O) groups excluding carboxylic acids is 1. The Morgan fingerprint density at radius 2 is 1.87 bits per heavy atom. The zero-order valence-corrected chi connectivity index (χ0v) is 20.6. The number of aromatic nitrogens is 5. The Morgan fingerprint density at radius 1 is 1.03 bits per heavy atom. The highest BCUT2D eigenvalue weighted by atomic mass is 19.4. The Hall–Kier alpha value is -4.22. The quantitative estimate of drug-likeness (QED) is 0.298. The van der Waals surface area contributed by atoms with Crippen molar-refractivity contribution in [2.75, 3.05) is 30.3 Å². The third kappa shape index (κ3) is 6.01. The first-order valence-electron chi connectivity index (χ1n) is 12.4. The Balaban J connectivity index is 1.36. The van der Waals surface area contributed by atoms with Crippen LogP contribution in [0.4, 0.5) is 24.9 Å². The van der Waals surface area contributed by atoms with E-state index in [-0.39, 0.29) is 5.91 Å². The molecule has 1 amide bonds. The van der Waals surface area contributed by atoms with Gasteiger partial charge in [-0.05, 0) is 42.2 Å². The summed E-state index contributed by atoms with van der Waals surface area (Å²) >= 11 is 0. The van der Waals surface area contributed by atoms with Crippen LogP contribution in [-0.4, -0.2) is 54.9 Å². The van der Waals surface area contributed by atoms with Gasteiger partial charge in [-0.15, -0.1) is 0 Å². The van der Waals surface area contributed by atoms with Gasteiger partial charge in [-0.3, -0.25) is 9.78 Å². The van der Waals surface area contributed by atoms with Gasteiger partial charge in [0.25, 0.3) is 0 Å². The van der Waals surface area contributed by atoms with Gasteiger partial charge in [-0.2, -0.15) is 23.1 Å². The molecule has 0 aliphatic carbocycles. The van der Waals surface area contributed by atoms with Crippen LogP contribution in [-0.2, 0) is 24.1 Å². The normalized spacial score (nSPS) is 13.9. The van der Waals surface area contributed by atoms with Gasteiger partial charge in [0.05, 0.1) is 18.4 Å². The highest BCUT2D eigenvalue weighted by Gasteiger charge is 2.30. The van der Waals surface area contributed by atoms with Gasteiger partial charge in [0.1, 0.15) is 0 Å². The molecule has 0 radical (unpaired) electrons. The number of likely N-dealkylation sites (tertiary alicyclic amines) is 1. The maximum Gasteiger partial charge on any atom is 0.416 e. The predicted molar refractivity (Wildman–Crippen MR) is 136 cm³/mol. The molecule has 1 saturated heterocycles. The number of pyridine rings is 1. The number of nitrogens with zero attached hydrogens (tertiary/aromatic N) is 6. The maximum absolute atomic E-state index is 13.0. The van der Waals surface area contributed by atoms with Crippen molar-refractivity contribution in [1.29, 1.82) is 0 Å². The van der Waals surface area contributed by atoms with Crippen molar-refractivity contribution in [3.63, 3.8) is 0 Å². The summed E-state index contributed by atoms with van der Waals surface area (Å²) in [5.41, 5.74) is 2.06. The summed E-state index contributed by atoms with van der Waals surface area (Å²) in [5.74, 6) is 1.12. The van der Waals surface area contributed by atoms with E-state index in [1.165, 1.54) is 12.1 Å². The van der Waals surface area contributed by atoms with Gasteiger partial charge in [-0.1, -0.05) is 18.2 Å². The molecule has 0 spiro atoms. The van der Waals surface area contributed by atoms with Crippen molar-refractivity contribution in [2.45, 2.75) is 38.5 Å². The number of fused-ring (bicyclic) bond motifs is 1. The topological polar surface area (TPSA) is 101 Å². The van der Waals surface area contributed by atoms with Gasteiger partial charge < -0.3 is 20.1 Å². The second kappa shape index (κ2) is 11.0. The maximum atomic E-state index is 13.0. The SMILES string of the molecule is O=C1CCCN1CCCNc1nc(NCc2cccnc2)nc2c1ncn2Cc1ccc(C(F)(F)F)cc1. The minimum absolute atomic E-state index is 0.193. The van der Waals surface area contributed by atoms with Crippen LogP contribution < -0.4 is 10.6 Å². The highest BCUT2D eigenvalue weighted by molar-refractivity contribution is 5.84. The molecule has 1 aromatic carbocycles. The molecule has 1 aliphatic heterocycles. The number of rotatable bonds is 10. The number of imidazole rings is 1. The number of hydrogen-bond acceptors (Lipinski definition) is 7. The number of halogens is 3. The Labute approximate surface area is 217 Å². The van der Waals surface area contributed by atoms with Crippen LogP contribution in [0.5, 0.6) is 0 Å². The van der Waals surface area contributed by atoms with Crippen molar-refractivity contribution < 1.29 is 18.0 Å². The van der Waals surface area contributed by atoms with Crippen LogP contribution in [0.1, 0.15) is 36.0 Å². The lowest BCUT2D eigenvalue weighted by Gasteiger charge is -2.16. The summed E-state index contributed by atoms with van der Waals surface area (Å²) in [6.45, 7) is 2.82. The van der Waals surface area contributed by atoms with Gasteiger partial charge >= 0.3 is 6.18 Å². The molecule has 4 heterocycles. The zero-order valence-electron chi connectivity index (χ0n) is 20.6. The summed E-state index contributed by atoms with van der Waals surface area (Å²) in [7, 11) is 0. The van der Waals surface area contributed by atoms with E-state index >= 15 is 0 Å². The summed E-state index contributed by atoms with van der Waals surface area (Å²) < 4.78 is 40.6. The second-order valence-corrected chi connectivity index (χ2v) is 9.11. The minimum Gasteiger partial charge on any atom is -0.368 e. The van der Waals surface area contributed by atoms with Crippen molar-refractivity contribution in [3.05, 3.63) is 71.8 Å². The van der Waals surface area contributed by atoms with Crippen LogP contribution in [0, 0.1) is 0 Å². The molecule has 0 bridgehead atoms. The molecular formula is C26H27F3N8O. The molecule has 1 fully saturated rings. The molecule has 198 valence electrons. The molecule has 3 aromatic heterocycles. The zero-order chi connectivity index (χ0) is 26.5. The molecule has 2 N–H and O–H groups in total. The summed E-state index contributed by atoms with van der Waals surface area (Å²) in [4.78, 5) is 31.6. The Bertz CT molecular complexity index is 1390. The predicted octanol–water partition coefficient (Wildman–Crippen LogP) is 4.32. The largest absolute Gasteiger partial charge is 0.416 e. The molecule has 0 atom stereocenters. The molecule has 0 unspecified atom stereocenters. The van der Waals surface area contributed by atoms with E-state index in [1.54, 1.807) is 23.3 Å². The average Bonchev–Trinajstić information content (AvgIpc) is 3.51. The lowest BCUT2D eigenvalue weighted by atomic mass is 10.1. The fraction of sp³-hybridized carbons (Fsp3) is 0.346. The van der Waals surface area contributed by atoms with Crippen LogP contribution in [0.15, 0.2) is 55.1 Å². The molecule has 0 saturated carbocycles. The van der Waals surface area contributed by atoms with Crippen molar-refractivity contribution in [1.82, 2.24) is 29.4 Å². The molecule has 9 nitrogen and oxygen atoms in total. The van der Waals surface area contributed by atoms with Crippen LogP contribution in [0.25, 0.3) is 11.2 Å². The Kier molecular flexibility index (Phi) is 7.38. The van der Waals surface area contributed by atoms with Crippen molar-refractivity contribution in [2.24, 2.45) is 0 Å². The van der Waals surface area contributed by atoms with E-state index < -0.39 is 11.7 Å². The number of nitrogens with one attached hydrogen (secondary N) is 2. The van der Waals surface area contributed by atoms with E-state index in [1.807, 2.05) is 17.0 Å². The third-order valence-electron chi connectivity index (χ3n) is 6.34. The standard InChI is InChI=1S/C26H27F3N8O/c27-26(28,29)20-8-6-18(7-9-20)16-37-17-33-22-23(31-11-3-13-36-12-2-5-21(36)38)34-25(35-24(22)37)32-15-19-4-1-10-30-14-19/h1,4,6-10,14,17H,2-3,5,11-13,15-16H2,(H2,31,32,34,35). The van der Waals surface area contributed by atoms with E-state index in [9.17, 15) is 18.0 Å². The number of amides is 1. The molecule has 12 heteroatoms. The molecule has 5 rings (SSSR count). The number of anilines is 2. The Morgan fingerprint density at radius 3 is 2.58 bits per heavy atom. The summed E-state index contributed by atoms with van der Waals surface area (Å²) in [5, 5.41) is 6.54. The number of benzene rings is 1. The first-order chi connectivity index (χ1) is 18.4. The molecule has 38 heavy (non-hydrogen) atoms. The number of carbonyl (C=O) groups is 1. The first-order valence-corrected chi connectivity index (χ1v) is 12.4. The smallest absolute Gasteiger partial charge is 0.368 e. The number of alkyl halides is 3. The second-order valence-electron chi connectivity index (χ2n) is 9.11. The lowest BCUT2D eigenvalue weighted by molar-refractivity contribution is -0.137. The van der Waals surface area contributed by atoms with Gasteiger partial charge in [0.15, 0.2) is 17.0 Å². The van der Waals surface area contributed by atoms with Gasteiger partial charge in [0.2, 0.25) is 11.9 Å². The average molecular weight is 525 g/mol. The molecule has 4 aromatic rings. The lowest BCUT2D eigenvalue weighted by Crippen LogP contribution is -2.27. The summed E-state index contributed by atoms with van der Waals surface area (Å²) in [6, 6.07) is 8.84. The van der Waals surface area contributed by atoms with E-state index in [4.69, 9.17) is 0 Å². The summed E-state index contributed by atoms with van der Waals surface area (Å²) in [6.07, 6.45) is 2.94. The van der Waals surface area contributed by atoms with Gasteiger partial charge in [-0.25, -0.2) is 4.98 Å². The minimum atomic E-state index is -4.38. The van der Waals surface area contributed by atoms with E-state index in [0.717, 1.165) is 37.1 Å². The molecule has 1 aliphatic rings.